The Labute approximate surface area is 138 Å². The molecule has 1 heterocycles. The number of aliphatic carboxylic acids is 1. The fourth-order valence-electron chi connectivity index (χ4n) is 2.00. The lowest BCUT2D eigenvalue weighted by molar-refractivity contribution is -0.137. The van der Waals surface area contributed by atoms with Gasteiger partial charge in [-0.15, -0.1) is 0 Å². The lowest BCUT2D eigenvalue weighted by Crippen LogP contribution is -2.34. The molecule has 1 amide bonds. The highest BCUT2D eigenvalue weighted by Gasteiger charge is 2.15. The molecule has 1 atom stereocenters. The van der Waals surface area contributed by atoms with Gasteiger partial charge in [-0.05, 0) is 31.5 Å². The molecule has 1 aromatic heterocycles. The molecule has 0 spiro atoms. The molecule has 0 saturated heterocycles. The van der Waals surface area contributed by atoms with Crippen LogP contribution in [0.3, 0.4) is 0 Å². The van der Waals surface area contributed by atoms with Crippen molar-refractivity contribution in [3.63, 3.8) is 0 Å². The number of carboxylic acid groups (broad SMARTS) is 1. The van der Waals surface area contributed by atoms with Gasteiger partial charge in [-0.3, -0.25) is 9.59 Å². The van der Waals surface area contributed by atoms with Gasteiger partial charge in [0.1, 0.15) is 16.9 Å². The van der Waals surface area contributed by atoms with Crippen molar-refractivity contribution in [1.29, 1.82) is 0 Å². The molecular formula is C17H19NO6. The minimum Gasteiger partial charge on any atom is -0.493 e. The summed E-state index contributed by atoms with van der Waals surface area (Å²) in [5.41, 5.74) is -0.513. The van der Waals surface area contributed by atoms with Gasteiger partial charge in [0.25, 0.3) is 5.91 Å². The summed E-state index contributed by atoms with van der Waals surface area (Å²) in [6, 6.07) is 6.20. The molecule has 2 N–H and O–H groups in total. The number of hydrogen-bond donors (Lipinski definition) is 2. The molecule has 128 valence electrons. The Balaban J connectivity index is 2.24. The van der Waals surface area contributed by atoms with Crippen molar-refractivity contribution in [2.45, 2.75) is 32.7 Å². The summed E-state index contributed by atoms with van der Waals surface area (Å²) < 4.78 is 10.5. The maximum atomic E-state index is 12.1. The Morgan fingerprint density at radius 3 is 2.75 bits per heavy atom. The Morgan fingerprint density at radius 1 is 1.33 bits per heavy atom. The van der Waals surface area contributed by atoms with Crippen molar-refractivity contribution in [1.82, 2.24) is 5.32 Å². The first-order chi connectivity index (χ1) is 11.4. The molecule has 1 aromatic carbocycles. The van der Waals surface area contributed by atoms with E-state index in [9.17, 15) is 14.4 Å². The van der Waals surface area contributed by atoms with Gasteiger partial charge in [-0.1, -0.05) is 6.92 Å². The highest BCUT2D eigenvalue weighted by Crippen LogP contribution is 2.20. The van der Waals surface area contributed by atoms with E-state index in [-0.39, 0.29) is 30.2 Å². The highest BCUT2D eigenvalue weighted by molar-refractivity contribution is 5.96. The lowest BCUT2D eigenvalue weighted by Gasteiger charge is -2.11. The average molecular weight is 333 g/mol. The Hall–Kier alpha value is -2.83. The molecule has 0 aliphatic carbocycles. The van der Waals surface area contributed by atoms with Gasteiger partial charge < -0.3 is 19.6 Å². The summed E-state index contributed by atoms with van der Waals surface area (Å²) in [4.78, 5) is 34.6. The van der Waals surface area contributed by atoms with Crippen LogP contribution in [0.25, 0.3) is 11.0 Å². The summed E-state index contributed by atoms with van der Waals surface area (Å²) in [6.07, 6.45) is 0.623. The monoisotopic (exact) mass is 333 g/mol. The quantitative estimate of drug-likeness (QED) is 0.752. The van der Waals surface area contributed by atoms with E-state index in [1.165, 1.54) is 12.1 Å². The Kier molecular flexibility index (Phi) is 5.57. The first kappa shape index (κ1) is 17.5. The molecule has 0 radical (unpaired) electrons. The fourth-order valence-corrected chi connectivity index (χ4v) is 2.00. The molecule has 0 aliphatic rings. The van der Waals surface area contributed by atoms with E-state index in [1.54, 1.807) is 12.1 Å². The van der Waals surface area contributed by atoms with Crippen LogP contribution in [-0.2, 0) is 4.79 Å². The molecule has 0 saturated carbocycles. The summed E-state index contributed by atoms with van der Waals surface area (Å²) in [7, 11) is 0. The Bertz CT molecular complexity index is 810. The van der Waals surface area contributed by atoms with E-state index in [1.807, 2.05) is 13.8 Å². The normalized spacial score (nSPS) is 11.9. The smallest absolute Gasteiger partial charge is 0.349 e. The van der Waals surface area contributed by atoms with Crippen molar-refractivity contribution in [3.8, 4) is 5.75 Å². The van der Waals surface area contributed by atoms with E-state index in [0.717, 1.165) is 6.42 Å². The predicted molar refractivity (Wildman–Crippen MR) is 87.5 cm³/mol. The summed E-state index contributed by atoms with van der Waals surface area (Å²) in [6.45, 7) is 3.79. The molecule has 24 heavy (non-hydrogen) atoms. The number of amides is 1. The van der Waals surface area contributed by atoms with Crippen LogP contribution in [-0.4, -0.2) is 29.6 Å². The van der Waals surface area contributed by atoms with Crippen LogP contribution in [0.15, 0.2) is 33.5 Å². The second-order valence-corrected chi connectivity index (χ2v) is 5.42. The van der Waals surface area contributed by atoms with Crippen LogP contribution < -0.4 is 15.7 Å². The van der Waals surface area contributed by atoms with Crippen LogP contribution >= 0.6 is 0 Å². The lowest BCUT2D eigenvalue weighted by atomic mass is 10.1. The number of ether oxygens (including phenoxy) is 1. The molecule has 7 heteroatoms. The number of rotatable bonds is 7. The number of hydrogen-bond acceptors (Lipinski definition) is 5. The van der Waals surface area contributed by atoms with Crippen molar-refractivity contribution in [2.24, 2.45) is 0 Å². The van der Waals surface area contributed by atoms with Gasteiger partial charge in [0, 0.05) is 17.5 Å². The van der Waals surface area contributed by atoms with Crippen LogP contribution in [0.5, 0.6) is 5.75 Å². The fraction of sp³-hybridized carbons (Fsp3) is 0.353. The zero-order valence-electron chi connectivity index (χ0n) is 13.5. The van der Waals surface area contributed by atoms with Crippen molar-refractivity contribution in [2.75, 3.05) is 6.61 Å². The Morgan fingerprint density at radius 2 is 2.08 bits per heavy atom. The molecule has 7 nitrogen and oxygen atoms in total. The van der Waals surface area contributed by atoms with E-state index in [2.05, 4.69) is 5.32 Å². The number of nitrogens with one attached hydrogen (secondary N) is 1. The highest BCUT2D eigenvalue weighted by atomic mass is 16.5. The summed E-state index contributed by atoms with van der Waals surface area (Å²) >= 11 is 0. The summed E-state index contributed by atoms with van der Waals surface area (Å²) in [5, 5.41) is 11.9. The van der Waals surface area contributed by atoms with Crippen LogP contribution in [0.2, 0.25) is 0 Å². The first-order valence-electron chi connectivity index (χ1n) is 7.64. The molecule has 0 fully saturated rings. The third-order valence-electron chi connectivity index (χ3n) is 3.53. The van der Waals surface area contributed by atoms with Gasteiger partial charge in [0.05, 0.1) is 13.0 Å². The summed E-state index contributed by atoms with van der Waals surface area (Å²) in [5.74, 6) is -1.04. The average Bonchev–Trinajstić information content (AvgIpc) is 2.53. The third kappa shape index (κ3) is 4.34. The van der Waals surface area contributed by atoms with E-state index in [0.29, 0.717) is 11.1 Å². The third-order valence-corrected chi connectivity index (χ3v) is 3.53. The van der Waals surface area contributed by atoms with Gasteiger partial charge >= 0.3 is 11.6 Å². The van der Waals surface area contributed by atoms with Gasteiger partial charge in [-0.25, -0.2) is 4.79 Å². The maximum Gasteiger partial charge on any atom is 0.349 e. The number of carbonyl (C=O) groups is 2. The van der Waals surface area contributed by atoms with E-state index in [4.69, 9.17) is 14.3 Å². The zero-order valence-corrected chi connectivity index (χ0v) is 13.5. The minimum atomic E-state index is -0.959. The zero-order chi connectivity index (χ0) is 17.7. The number of carbonyl (C=O) groups excluding carboxylic acids is 1. The molecule has 1 unspecified atom stereocenters. The standard InChI is InChI=1S/C17H19NO6/c1-3-10(2)18-16(21)13-8-11-4-5-12(23-7-6-15(19)20)9-14(11)24-17(13)22/h4-5,8-10H,3,6-7H2,1-2H3,(H,18,21)(H,19,20). The largest absolute Gasteiger partial charge is 0.493 e. The van der Waals surface area contributed by atoms with Crippen LogP contribution in [0, 0.1) is 0 Å². The van der Waals surface area contributed by atoms with Crippen molar-refractivity contribution < 1.29 is 23.8 Å². The van der Waals surface area contributed by atoms with E-state index >= 15 is 0 Å². The molecular weight excluding hydrogens is 314 g/mol. The molecule has 2 rings (SSSR count). The van der Waals surface area contributed by atoms with Gasteiger partial charge in [0.2, 0.25) is 0 Å². The molecule has 0 bridgehead atoms. The molecule has 2 aromatic rings. The first-order valence-corrected chi connectivity index (χ1v) is 7.64. The minimum absolute atomic E-state index is 0.0144. The number of carboxylic acids is 1. The van der Waals surface area contributed by atoms with Gasteiger partial charge in [0.15, 0.2) is 0 Å². The topological polar surface area (TPSA) is 106 Å². The van der Waals surface area contributed by atoms with Crippen molar-refractivity contribution in [3.05, 3.63) is 40.2 Å². The predicted octanol–water partition coefficient (Wildman–Crippen LogP) is 2.17. The van der Waals surface area contributed by atoms with Crippen molar-refractivity contribution >= 4 is 22.8 Å². The van der Waals surface area contributed by atoms with Gasteiger partial charge in [-0.2, -0.15) is 0 Å². The number of benzene rings is 1. The van der Waals surface area contributed by atoms with Crippen LogP contribution in [0.1, 0.15) is 37.0 Å². The number of fused-ring (bicyclic) bond motifs is 1. The second-order valence-electron chi connectivity index (χ2n) is 5.42. The maximum absolute atomic E-state index is 12.1. The second kappa shape index (κ2) is 7.63. The van der Waals surface area contributed by atoms with Crippen LogP contribution in [0.4, 0.5) is 0 Å². The molecule has 0 aliphatic heterocycles. The SMILES string of the molecule is CCC(C)NC(=O)c1cc2ccc(OCCC(=O)O)cc2oc1=O. The van der Waals surface area contributed by atoms with E-state index < -0.39 is 17.5 Å².